The van der Waals surface area contributed by atoms with Crippen molar-refractivity contribution in [3.8, 4) is 0 Å². The molecule has 1 aliphatic rings. The number of nitrogens with two attached hydrogens (primary N) is 1. The molecule has 2 N–H and O–H groups in total. The van der Waals surface area contributed by atoms with Gasteiger partial charge in [-0.05, 0) is 13.3 Å². The molecule has 1 unspecified atom stereocenters. The summed E-state index contributed by atoms with van der Waals surface area (Å²) in [4.78, 5) is 11.1. The van der Waals surface area contributed by atoms with Crippen molar-refractivity contribution in [3.63, 3.8) is 0 Å². The van der Waals surface area contributed by atoms with Gasteiger partial charge in [0.25, 0.3) is 0 Å². The van der Waals surface area contributed by atoms with Crippen LogP contribution in [0.3, 0.4) is 0 Å². The highest BCUT2D eigenvalue weighted by Crippen LogP contribution is 2.24. The quantitative estimate of drug-likeness (QED) is 0.646. The van der Waals surface area contributed by atoms with E-state index in [1.54, 1.807) is 6.92 Å². The Labute approximate surface area is 83.5 Å². The summed E-state index contributed by atoms with van der Waals surface area (Å²) in [7, 11) is -3.05. The Bertz CT molecular complexity index is 324. The van der Waals surface area contributed by atoms with Crippen LogP contribution in [-0.4, -0.2) is 38.0 Å². The second-order valence-corrected chi connectivity index (χ2v) is 5.87. The van der Waals surface area contributed by atoms with E-state index >= 15 is 0 Å². The highest BCUT2D eigenvalue weighted by Gasteiger charge is 2.40. The largest absolute Gasteiger partial charge is 0.466 e. The second-order valence-electron chi connectivity index (χ2n) is 3.69. The molecule has 1 atom stereocenters. The molecule has 0 aliphatic carbocycles. The first-order valence-corrected chi connectivity index (χ1v) is 6.34. The Morgan fingerprint density at radius 1 is 1.57 bits per heavy atom. The Kier molecular flexibility index (Phi) is 3.16. The molecule has 0 amide bonds. The van der Waals surface area contributed by atoms with Crippen LogP contribution < -0.4 is 5.73 Å². The number of hydrogen-bond donors (Lipinski definition) is 1. The minimum Gasteiger partial charge on any atom is -0.466 e. The lowest BCUT2D eigenvalue weighted by Gasteiger charge is -2.20. The summed E-state index contributed by atoms with van der Waals surface area (Å²) in [5.41, 5.74) is 4.87. The summed E-state index contributed by atoms with van der Waals surface area (Å²) in [5, 5.41) is 0. The van der Waals surface area contributed by atoms with E-state index in [4.69, 9.17) is 10.5 Å². The minimum absolute atomic E-state index is 0.0138. The van der Waals surface area contributed by atoms with E-state index in [-0.39, 0.29) is 17.9 Å². The van der Waals surface area contributed by atoms with Crippen LogP contribution in [0.1, 0.15) is 19.8 Å². The molecule has 14 heavy (non-hydrogen) atoms. The van der Waals surface area contributed by atoms with Crippen LogP contribution in [-0.2, 0) is 19.4 Å². The number of carbonyl (C=O) groups excluding carboxylic acids is 1. The number of esters is 1. The average molecular weight is 221 g/mol. The molecular weight excluding hydrogens is 206 g/mol. The summed E-state index contributed by atoms with van der Waals surface area (Å²) < 4.78 is 27.0. The fourth-order valence-corrected chi connectivity index (χ4v) is 3.56. The third-order valence-corrected chi connectivity index (χ3v) is 4.06. The zero-order chi connectivity index (χ0) is 10.8. The van der Waals surface area contributed by atoms with Crippen LogP contribution in [0.4, 0.5) is 0 Å². The summed E-state index contributed by atoms with van der Waals surface area (Å²) in [5.74, 6) is -0.464. The van der Waals surface area contributed by atoms with Gasteiger partial charge in [-0.3, -0.25) is 4.79 Å². The van der Waals surface area contributed by atoms with E-state index in [1.165, 1.54) is 0 Å². The van der Waals surface area contributed by atoms with E-state index in [2.05, 4.69) is 0 Å². The fraction of sp³-hybridized carbons (Fsp3) is 0.875. The normalized spacial score (nSPS) is 30.1. The van der Waals surface area contributed by atoms with Gasteiger partial charge in [0.2, 0.25) is 0 Å². The van der Waals surface area contributed by atoms with Gasteiger partial charge in [0.1, 0.15) is 0 Å². The molecule has 0 bridgehead atoms. The van der Waals surface area contributed by atoms with Crippen LogP contribution in [0.2, 0.25) is 0 Å². The molecule has 1 fully saturated rings. The van der Waals surface area contributed by atoms with E-state index in [9.17, 15) is 13.2 Å². The Balaban J connectivity index is 2.57. The zero-order valence-electron chi connectivity index (χ0n) is 8.15. The summed E-state index contributed by atoms with van der Waals surface area (Å²) in [6, 6.07) is 0. The Morgan fingerprint density at radius 3 is 2.64 bits per heavy atom. The highest BCUT2D eigenvalue weighted by atomic mass is 32.2. The molecule has 5 nitrogen and oxygen atoms in total. The van der Waals surface area contributed by atoms with E-state index in [0.29, 0.717) is 13.0 Å². The predicted octanol–water partition coefficient (Wildman–Crippen LogP) is -0.544. The lowest BCUT2D eigenvalue weighted by molar-refractivity contribution is -0.144. The van der Waals surface area contributed by atoms with Gasteiger partial charge in [0.05, 0.1) is 24.5 Å². The van der Waals surface area contributed by atoms with Gasteiger partial charge in [-0.25, -0.2) is 8.42 Å². The monoisotopic (exact) mass is 221 g/mol. The molecule has 0 aromatic heterocycles. The van der Waals surface area contributed by atoms with Crippen molar-refractivity contribution >= 4 is 15.8 Å². The standard InChI is InChI=1S/C8H15NO4S/c1-2-13-7(10)5-8(9)3-4-14(11,12)6-8/h2-6,9H2,1H3. The van der Waals surface area contributed by atoms with E-state index in [1.807, 2.05) is 0 Å². The van der Waals surface area contributed by atoms with Crippen molar-refractivity contribution in [2.45, 2.75) is 25.3 Å². The first-order valence-electron chi connectivity index (χ1n) is 4.52. The van der Waals surface area contributed by atoms with Crippen molar-refractivity contribution in [2.24, 2.45) is 5.73 Å². The highest BCUT2D eigenvalue weighted by molar-refractivity contribution is 7.91. The topological polar surface area (TPSA) is 86.5 Å². The first kappa shape index (κ1) is 11.5. The third kappa shape index (κ3) is 2.95. The van der Waals surface area contributed by atoms with Crippen molar-refractivity contribution in [2.75, 3.05) is 18.1 Å². The van der Waals surface area contributed by atoms with Crippen molar-refractivity contribution in [3.05, 3.63) is 0 Å². The van der Waals surface area contributed by atoms with Gasteiger partial charge in [0.15, 0.2) is 9.84 Å². The maximum Gasteiger partial charge on any atom is 0.307 e. The Hall–Kier alpha value is -0.620. The van der Waals surface area contributed by atoms with Crippen molar-refractivity contribution in [1.82, 2.24) is 0 Å². The number of carbonyl (C=O) groups is 1. The van der Waals surface area contributed by atoms with Gasteiger partial charge in [-0.15, -0.1) is 0 Å². The lowest BCUT2D eigenvalue weighted by atomic mass is 9.96. The molecule has 1 heterocycles. The maximum absolute atomic E-state index is 11.2. The molecule has 0 aromatic rings. The Morgan fingerprint density at radius 2 is 2.21 bits per heavy atom. The maximum atomic E-state index is 11.2. The third-order valence-electron chi connectivity index (χ3n) is 2.22. The number of sulfone groups is 1. The fourth-order valence-electron chi connectivity index (χ4n) is 1.58. The molecule has 1 saturated heterocycles. The summed E-state index contributed by atoms with van der Waals surface area (Å²) >= 11 is 0. The summed E-state index contributed by atoms with van der Waals surface area (Å²) in [6.07, 6.45) is 0.328. The van der Waals surface area contributed by atoms with Gasteiger partial charge in [-0.2, -0.15) is 0 Å². The molecule has 0 radical (unpaired) electrons. The van der Waals surface area contributed by atoms with Crippen molar-refractivity contribution in [1.29, 1.82) is 0 Å². The van der Waals surface area contributed by atoms with E-state index < -0.39 is 21.3 Å². The van der Waals surface area contributed by atoms with Crippen molar-refractivity contribution < 1.29 is 17.9 Å². The van der Waals surface area contributed by atoms with Crippen LogP contribution in [0.5, 0.6) is 0 Å². The smallest absolute Gasteiger partial charge is 0.307 e. The first-order chi connectivity index (χ1) is 6.37. The zero-order valence-corrected chi connectivity index (χ0v) is 8.97. The molecule has 0 saturated carbocycles. The molecule has 6 heteroatoms. The molecular formula is C8H15NO4S. The molecule has 82 valence electrons. The van der Waals surface area contributed by atoms with Crippen LogP contribution in [0.25, 0.3) is 0 Å². The molecule has 1 rings (SSSR count). The number of ether oxygens (including phenoxy) is 1. The predicted molar refractivity (Wildman–Crippen MR) is 51.4 cm³/mol. The van der Waals surface area contributed by atoms with Gasteiger partial charge < -0.3 is 10.5 Å². The van der Waals surface area contributed by atoms with Gasteiger partial charge in [-0.1, -0.05) is 0 Å². The number of rotatable bonds is 3. The van der Waals surface area contributed by atoms with Gasteiger partial charge >= 0.3 is 5.97 Å². The second kappa shape index (κ2) is 3.86. The lowest BCUT2D eigenvalue weighted by Crippen LogP contribution is -2.43. The minimum atomic E-state index is -3.05. The van der Waals surface area contributed by atoms with E-state index in [0.717, 1.165) is 0 Å². The van der Waals surface area contributed by atoms with Gasteiger partial charge in [0, 0.05) is 5.54 Å². The molecule has 0 aromatic carbocycles. The van der Waals surface area contributed by atoms with Crippen LogP contribution >= 0.6 is 0 Å². The molecule has 0 spiro atoms. The van der Waals surface area contributed by atoms with Crippen LogP contribution in [0, 0.1) is 0 Å². The summed E-state index contributed by atoms with van der Waals surface area (Å²) in [6.45, 7) is 1.99. The number of hydrogen-bond acceptors (Lipinski definition) is 5. The van der Waals surface area contributed by atoms with Crippen LogP contribution in [0.15, 0.2) is 0 Å². The molecule has 1 aliphatic heterocycles. The SMILES string of the molecule is CCOC(=O)CC1(N)CCS(=O)(=O)C1. The average Bonchev–Trinajstić information content (AvgIpc) is 2.25.